The van der Waals surface area contributed by atoms with E-state index in [1.54, 1.807) is 0 Å². The lowest BCUT2D eigenvalue weighted by atomic mass is 10.1. The van der Waals surface area contributed by atoms with E-state index < -0.39 is 0 Å². The molecular weight excluding hydrogens is 360 g/mol. The molecular formula is C24H24N4O. The SMILES string of the molecule is Cc1ccc(NC(=O)Nc2c(CCc3ccccc3)nc3cc(C)ccn23)cc1. The standard InChI is InChI=1S/C24H24N4O/c1-17-8-11-20(12-9-17)25-24(29)27-23-21(13-10-19-6-4-3-5-7-19)26-22-16-18(2)14-15-28(22)23/h3-9,11-12,14-16H,10,13H2,1-2H3,(H2,25,27,29). The number of anilines is 2. The Morgan fingerprint density at radius 1 is 0.897 bits per heavy atom. The Hall–Kier alpha value is -3.60. The normalized spacial score (nSPS) is 10.8. The van der Waals surface area contributed by atoms with Crippen molar-refractivity contribution >= 4 is 23.2 Å². The first kappa shape index (κ1) is 18.7. The quantitative estimate of drug-likeness (QED) is 0.485. The van der Waals surface area contributed by atoms with Crippen molar-refractivity contribution in [2.24, 2.45) is 0 Å². The third kappa shape index (κ3) is 4.46. The molecule has 0 spiro atoms. The van der Waals surface area contributed by atoms with Crippen molar-refractivity contribution in [2.45, 2.75) is 26.7 Å². The van der Waals surface area contributed by atoms with Gasteiger partial charge in [0.05, 0.1) is 5.69 Å². The highest BCUT2D eigenvalue weighted by Crippen LogP contribution is 2.22. The van der Waals surface area contributed by atoms with Crippen molar-refractivity contribution < 1.29 is 4.79 Å². The largest absolute Gasteiger partial charge is 0.324 e. The Bertz CT molecular complexity index is 1130. The summed E-state index contributed by atoms with van der Waals surface area (Å²) in [5, 5.41) is 5.90. The zero-order valence-electron chi connectivity index (χ0n) is 16.6. The zero-order valence-corrected chi connectivity index (χ0v) is 16.6. The number of hydrogen-bond donors (Lipinski definition) is 2. The fraction of sp³-hybridized carbons (Fsp3) is 0.167. The smallest absolute Gasteiger partial charge is 0.308 e. The number of rotatable bonds is 5. The number of urea groups is 1. The summed E-state index contributed by atoms with van der Waals surface area (Å²) in [6, 6.07) is 21.8. The van der Waals surface area contributed by atoms with E-state index in [0.717, 1.165) is 41.0 Å². The van der Waals surface area contributed by atoms with Crippen LogP contribution in [0.2, 0.25) is 0 Å². The van der Waals surface area contributed by atoms with Crippen molar-refractivity contribution in [3.63, 3.8) is 0 Å². The summed E-state index contributed by atoms with van der Waals surface area (Å²) in [6.45, 7) is 4.05. The lowest BCUT2D eigenvalue weighted by Gasteiger charge is -2.10. The summed E-state index contributed by atoms with van der Waals surface area (Å²) in [5.74, 6) is 0.709. The number of carbonyl (C=O) groups is 1. The third-order valence-electron chi connectivity index (χ3n) is 4.89. The van der Waals surface area contributed by atoms with Gasteiger partial charge in [-0.05, 0) is 62.1 Å². The van der Waals surface area contributed by atoms with Gasteiger partial charge in [0.2, 0.25) is 0 Å². The number of hydrogen-bond acceptors (Lipinski definition) is 2. The van der Waals surface area contributed by atoms with E-state index in [1.807, 2.05) is 79.0 Å². The lowest BCUT2D eigenvalue weighted by Crippen LogP contribution is -2.21. The molecule has 2 heterocycles. The molecule has 5 nitrogen and oxygen atoms in total. The molecule has 0 saturated carbocycles. The molecule has 29 heavy (non-hydrogen) atoms. The summed E-state index contributed by atoms with van der Waals surface area (Å²) in [6.07, 6.45) is 3.55. The fourth-order valence-electron chi connectivity index (χ4n) is 3.32. The molecule has 2 aromatic heterocycles. The van der Waals surface area contributed by atoms with Crippen molar-refractivity contribution in [2.75, 3.05) is 10.6 Å². The molecule has 0 radical (unpaired) electrons. The van der Waals surface area contributed by atoms with Gasteiger partial charge in [-0.3, -0.25) is 9.72 Å². The van der Waals surface area contributed by atoms with Crippen LogP contribution >= 0.6 is 0 Å². The van der Waals surface area contributed by atoms with Gasteiger partial charge in [0.1, 0.15) is 11.5 Å². The molecule has 2 aromatic carbocycles. The maximum Gasteiger partial charge on any atom is 0.324 e. The van der Waals surface area contributed by atoms with Crippen LogP contribution in [0.1, 0.15) is 22.4 Å². The number of aryl methyl sites for hydroxylation is 4. The number of imidazole rings is 1. The molecule has 0 bridgehead atoms. The van der Waals surface area contributed by atoms with Crippen LogP contribution in [-0.4, -0.2) is 15.4 Å². The van der Waals surface area contributed by atoms with Crippen LogP contribution in [0.4, 0.5) is 16.3 Å². The second-order valence-corrected chi connectivity index (χ2v) is 7.27. The highest BCUT2D eigenvalue weighted by molar-refractivity contribution is 5.99. The topological polar surface area (TPSA) is 58.4 Å². The molecule has 146 valence electrons. The predicted molar refractivity (Wildman–Crippen MR) is 118 cm³/mol. The van der Waals surface area contributed by atoms with Crippen molar-refractivity contribution in [1.29, 1.82) is 0 Å². The lowest BCUT2D eigenvalue weighted by molar-refractivity contribution is 0.262. The van der Waals surface area contributed by atoms with Crippen molar-refractivity contribution in [3.05, 3.63) is 95.3 Å². The minimum atomic E-state index is -0.280. The Morgan fingerprint density at radius 3 is 2.41 bits per heavy atom. The first-order chi connectivity index (χ1) is 14.1. The first-order valence-electron chi connectivity index (χ1n) is 9.75. The van der Waals surface area contributed by atoms with Gasteiger partial charge in [-0.15, -0.1) is 0 Å². The van der Waals surface area contributed by atoms with Crippen LogP contribution in [0.15, 0.2) is 72.9 Å². The number of benzene rings is 2. The van der Waals surface area contributed by atoms with E-state index in [-0.39, 0.29) is 6.03 Å². The zero-order chi connectivity index (χ0) is 20.2. The highest BCUT2D eigenvalue weighted by atomic mass is 16.2. The molecule has 4 aromatic rings. The molecule has 2 amide bonds. The third-order valence-corrected chi connectivity index (χ3v) is 4.89. The maximum atomic E-state index is 12.6. The molecule has 0 atom stereocenters. The summed E-state index contributed by atoms with van der Waals surface area (Å²) in [4.78, 5) is 17.4. The number of nitrogens with zero attached hydrogens (tertiary/aromatic N) is 2. The van der Waals surface area contributed by atoms with Gasteiger partial charge in [0.25, 0.3) is 0 Å². The van der Waals surface area contributed by atoms with Gasteiger partial charge in [-0.2, -0.15) is 0 Å². The van der Waals surface area contributed by atoms with Crippen LogP contribution in [-0.2, 0) is 12.8 Å². The van der Waals surface area contributed by atoms with Gasteiger partial charge in [0, 0.05) is 11.9 Å². The van der Waals surface area contributed by atoms with Gasteiger partial charge in [0.15, 0.2) is 0 Å². The average Bonchev–Trinajstić information content (AvgIpc) is 3.05. The van der Waals surface area contributed by atoms with Crippen LogP contribution in [0, 0.1) is 13.8 Å². The van der Waals surface area contributed by atoms with Gasteiger partial charge in [-0.1, -0.05) is 48.0 Å². The van der Waals surface area contributed by atoms with E-state index in [4.69, 9.17) is 4.98 Å². The first-order valence-corrected chi connectivity index (χ1v) is 9.75. The Labute approximate surface area is 170 Å². The monoisotopic (exact) mass is 384 g/mol. The van der Waals surface area contributed by atoms with E-state index in [2.05, 4.69) is 22.8 Å². The minimum absolute atomic E-state index is 0.280. The Kier molecular flexibility index (Phi) is 5.29. The number of nitrogens with one attached hydrogen (secondary N) is 2. The molecule has 0 saturated heterocycles. The van der Waals surface area contributed by atoms with E-state index in [0.29, 0.717) is 5.82 Å². The Balaban J connectivity index is 1.58. The van der Waals surface area contributed by atoms with Crippen molar-refractivity contribution in [1.82, 2.24) is 9.38 Å². The summed E-state index contributed by atoms with van der Waals surface area (Å²) in [5.41, 5.74) is 5.99. The molecule has 4 rings (SSSR count). The predicted octanol–water partition coefficient (Wildman–Crippen LogP) is 5.38. The van der Waals surface area contributed by atoms with E-state index in [9.17, 15) is 4.79 Å². The summed E-state index contributed by atoms with van der Waals surface area (Å²) >= 11 is 0. The summed E-state index contributed by atoms with van der Waals surface area (Å²) in [7, 11) is 0. The second kappa shape index (κ2) is 8.19. The number of pyridine rings is 1. The highest BCUT2D eigenvalue weighted by Gasteiger charge is 2.15. The number of amides is 2. The van der Waals surface area contributed by atoms with Crippen LogP contribution in [0.3, 0.4) is 0 Å². The molecule has 0 aliphatic heterocycles. The van der Waals surface area contributed by atoms with Gasteiger partial charge in [-0.25, -0.2) is 9.78 Å². The second-order valence-electron chi connectivity index (χ2n) is 7.27. The van der Waals surface area contributed by atoms with Crippen LogP contribution in [0.25, 0.3) is 5.65 Å². The fourth-order valence-corrected chi connectivity index (χ4v) is 3.32. The summed E-state index contributed by atoms with van der Waals surface area (Å²) < 4.78 is 1.93. The molecule has 0 fully saturated rings. The van der Waals surface area contributed by atoms with Crippen LogP contribution in [0.5, 0.6) is 0 Å². The average molecular weight is 384 g/mol. The Morgan fingerprint density at radius 2 is 1.66 bits per heavy atom. The number of fused-ring (bicyclic) bond motifs is 1. The van der Waals surface area contributed by atoms with E-state index >= 15 is 0 Å². The minimum Gasteiger partial charge on any atom is -0.308 e. The van der Waals surface area contributed by atoms with Gasteiger partial charge >= 0.3 is 6.03 Å². The molecule has 2 N–H and O–H groups in total. The molecule has 5 heteroatoms. The number of carbonyl (C=O) groups excluding carboxylic acids is 1. The van der Waals surface area contributed by atoms with E-state index in [1.165, 1.54) is 5.56 Å². The molecule has 0 aliphatic carbocycles. The molecule has 0 unspecified atom stereocenters. The van der Waals surface area contributed by atoms with Crippen molar-refractivity contribution in [3.8, 4) is 0 Å². The molecule has 0 aliphatic rings. The van der Waals surface area contributed by atoms with Gasteiger partial charge < -0.3 is 5.32 Å². The maximum absolute atomic E-state index is 12.6. The van der Waals surface area contributed by atoms with Crippen LogP contribution < -0.4 is 10.6 Å². The number of aromatic nitrogens is 2.